The molecule has 4 heterocycles. The van der Waals surface area contributed by atoms with Gasteiger partial charge in [0.15, 0.2) is 0 Å². The second-order valence-electron chi connectivity index (χ2n) is 12.0. The molecule has 3 aliphatic heterocycles. The van der Waals surface area contributed by atoms with Gasteiger partial charge in [-0.25, -0.2) is 0 Å². The number of carbonyl (C=O) groups excluding carboxylic acids is 2. The standard InChI is InChI=1S/C32H37N5O2/c1-20-9-11-29(31(38)34-20)37-28-12-10-24(26-7-4-8-27(30(26)28)32(37)39)17-22-18-33-36(19-22)25-13-15-35(16-14-25)21(2)23-5-3-6-23/h4,7-8,10,12,18-19,21,23,25,29H,1,3,5-6,9,11,13-17H2,2H3,(H,34,38)/t21-,29-/m1/s1. The average Bonchev–Trinajstić information content (AvgIpc) is 3.48. The molecule has 2 atom stereocenters. The number of hydrogen-bond donors (Lipinski definition) is 1. The van der Waals surface area contributed by atoms with Gasteiger partial charge in [-0.15, -0.1) is 0 Å². The van der Waals surface area contributed by atoms with Gasteiger partial charge in [0.2, 0.25) is 5.91 Å². The Morgan fingerprint density at radius 2 is 1.90 bits per heavy atom. The number of rotatable bonds is 6. The molecule has 0 spiro atoms. The molecule has 2 aromatic carbocycles. The number of allylic oxidation sites excluding steroid dienone is 1. The molecule has 1 saturated carbocycles. The molecule has 0 unspecified atom stereocenters. The van der Waals surface area contributed by atoms with Gasteiger partial charge in [0.25, 0.3) is 5.91 Å². The number of hydrogen-bond acceptors (Lipinski definition) is 4. The lowest BCUT2D eigenvalue weighted by Crippen LogP contribution is -2.51. The van der Waals surface area contributed by atoms with Gasteiger partial charge < -0.3 is 10.2 Å². The lowest BCUT2D eigenvalue weighted by Gasteiger charge is -2.42. The maximum Gasteiger partial charge on any atom is 0.259 e. The fraction of sp³-hybridized carbons (Fsp3) is 0.469. The van der Waals surface area contributed by atoms with Gasteiger partial charge in [-0.2, -0.15) is 5.10 Å². The van der Waals surface area contributed by atoms with E-state index < -0.39 is 6.04 Å². The van der Waals surface area contributed by atoms with Crippen molar-refractivity contribution in [3.63, 3.8) is 0 Å². The number of nitrogens with one attached hydrogen (secondary N) is 1. The van der Waals surface area contributed by atoms with Crippen molar-refractivity contribution in [1.82, 2.24) is 20.0 Å². The lowest BCUT2D eigenvalue weighted by molar-refractivity contribution is -0.122. The van der Waals surface area contributed by atoms with Crippen LogP contribution < -0.4 is 10.2 Å². The molecule has 202 valence electrons. The summed E-state index contributed by atoms with van der Waals surface area (Å²) in [6.07, 6.45) is 12.8. The van der Waals surface area contributed by atoms with Gasteiger partial charge >= 0.3 is 0 Å². The third kappa shape index (κ3) is 4.18. The predicted molar refractivity (Wildman–Crippen MR) is 153 cm³/mol. The van der Waals surface area contributed by atoms with Crippen LogP contribution in [0.25, 0.3) is 10.8 Å². The second-order valence-corrected chi connectivity index (χ2v) is 12.0. The van der Waals surface area contributed by atoms with Crippen LogP contribution in [0.3, 0.4) is 0 Å². The third-order valence-corrected chi connectivity index (χ3v) is 9.78. The number of carbonyl (C=O) groups is 2. The molecule has 7 rings (SSSR count). The first-order valence-corrected chi connectivity index (χ1v) is 14.6. The minimum absolute atomic E-state index is 0.0915. The fourth-order valence-corrected chi connectivity index (χ4v) is 7.20. The maximum atomic E-state index is 13.5. The van der Waals surface area contributed by atoms with Crippen LogP contribution >= 0.6 is 0 Å². The van der Waals surface area contributed by atoms with Gasteiger partial charge in [-0.1, -0.05) is 31.2 Å². The van der Waals surface area contributed by atoms with Crippen LogP contribution in [-0.4, -0.2) is 51.7 Å². The van der Waals surface area contributed by atoms with Crippen molar-refractivity contribution in [1.29, 1.82) is 0 Å². The summed E-state index contributed by atoms with van der Waals surface area (Å²) in [5, 5.41) is 9.65. The molecular formula is C32H37N5O2. The van der Waals surface area contributed by atoms with Gasteiger partial charge in [0.05, 0.1) is 17.9 Å². The molecule has 7 heteroatoms. The highest BCUT2D eigenvalue weighted by molar-refractivity contribution is 6.27. The van der Waals surface area contributed by atoms with E-state index >= 15 is 0 Å². The monoisotopic (exact) mass is 523 g/mol. The van der Waals surface area contributed by atoms with Crippen molar-refractivity contribution >= 4 is 28.3 Å². The largest absolute Gasteiger partial charge is 0.329 e. The Labute approximate surface area is 229 Å². The highest BCUT2D eigenvalue weighted by Crippen LogP contribution is 2.42. The molecule has 1 N–H and O–H groups in total. The van der Waals surface area contributed by atoms with Gasteiger partial charge in [0.1, 0.15) is 6.04 Å². The first-order chi connectivity index (χ1) is 19.0. The van der Waals surface area contributed by atoms with E-state index in [1.165, 1.54) is 30.4 Å². The highest BCUT2D eigenvalue weighted by atomic mass is 16.2. The number of likely N-dealkylation sites (tertiary alicyclic amines) is 1. The van der Waals surface area contributed by atoms with E-state index in [2.05, 4.69) is 46.7 Å². The zero-order chi connectivity index (χ0) is 26.7. The first-order valence-electron chi connectivity index (χ1n) is 14.6. The van der Waals surface area contributed by atoms with Crippen molar-refractivity contribution in [2.24, 2.45) is 5.92 Å². The average molecular weight is 524 g/mol. The van der Waals surface area contributed by atoms with Crippen LogP contribution in [0, 0.1) is 5.92 Å². The van der Waals surface area contributed by atoms with Crippen molar-refractivity contribution in [3.05, 3.63) is 71.7 Å². The third-order valence-electron chi connectivity index (χ3n) is 9.78. The Hall–Kier alpha value is -3.45. The van der Waals surface area contributed by atoms with Gasteiger partial charge in [-0.05, 0) is 80.0 Å². The van der Waals surface area contributed by atoms with Crippen molar-refractivity contribution in [2.75, 3.05) is 18.0 Å². The fourth-order valence-electron chi connectivity index (χ4n) is 7.20. The normalized spacial score (nSPS) is 23.4. The zero-order valence-electron chi connectivity index (χ0n) is 22.7. The molecule has 0 bridgehead atoms. The number of piperidine rings is 2. The van der Waals surface area contributed by atoms with Gasteiger partial charge in [-0.3, -0.25) is 19.2 Å². The number of amides is 2. The zero-order valence-corrected chi connectivity index (χ0v) is 22.7. The van der Waals surface area contributed by atoms with Crippen LogP contribution in [0.4, 0.5) is 5.69 Å². The van der Waals surface area contributed by atoms with Crippen LogP contribution in [-0.2, 0) is 11.2 Å². The van der Waals surface area contributed by atoms with E-state index in [0.717, 1.165) is 60.4 Å². The number of nitrogens with zero attached hydrogens (tertiary/aromatic N) is 4. The Morgan fingerprint density at radius 3 is 2.64 bits per heavy atom. The maximum absolute atomic E-state index is 13.5. The lowest BCUT2D eigenvalue weighted by atomic mass is 9.79. The molecular weight excluding hydrogens is 486 g/mol. The molecule has 39 heavy (non-hydrogen) atoms. The van der Waals surface area contributed by atoms with E-state index in [4.69, 9.17) is 5.10 Å². The summed E-state index contributed by atoms with van der Waals surface area (Å²) in [5.41, 5.74) is 4.60. The van der Waals surface area contributed by atoms with Crippen LogP contribution in [0.5, 0.6) is 0 Å². The summed E-state index contributed by atoms with van der Waals surface area (Å²) < 4.78 is 2.18. The number of aromatic nitrogens is 2. The topological polar surface area (TPSA) is 70.5 Å². The van der Waals surface area contributed by atoms with E-state index in [0.29, 0.717) is 30.5 Å². The predicted octanol–water partition coefficient (Wildman–Crippen LogP) is 5.21. The number of benzene rings is 2. The van der Waals surface area contributed by atoms with Crippen LogP contribution in [0.2, 0.25) is 0 Å². The summed E-state index contributed by atoms with van der Waals surface area (Å²) >= 11 is 0. The Morgan fingerprint density at radius 1 is 1.08 bits per heavy atom. The molecule has 2 saturated heterocycles. The summed E-state index contributed by atoms with van der Waals surface area (Å²) in [6, 6.07) is 10.7. The van der Waals surface area contributed by atoms with Crippen molar-refractivity contribution < 1.29 is 9.59 Å². The Kier molecular flexibility index (Phi) is 6.07. The molecule has 1 aromatic heterocycles. The smallest absolute Gasteiger partial charge is 0.259 e. The Bertz CT molecular complexity index is 1460. The highest BCUT2D eigenvalue weighted by Gasteiger charge is 2.40. The summed E-state index contributed by atoms with van der Waals surface area (Å²) in [5.74, 6) is 0.657. The molecule has 3 aromatic rings. The summed E-state index contributed by atoms with van der Waals surface area (Å²) in [7, 11) is 0. The minimum Gasteiger partial charge on any atom is -0.329 e. The second kappa shape index (κ2) is 9.63. The first kappa shape index (κ1) is 24.6. The summed E-state index contributed by atoms with van der Waals surface area (Å²) in [6.45, 7) is 8.62. The van der Waals surface area contributed by atoms with E-state index in [1.807, 2.05) is 24.4 Å². The van der Waals surface area contributed by atoms with Crippen molar-refractivity contribution in [3.8, 4) is 0 Å². The van der Waals surface area contributed by atoms with Crippen LogP contribution in [0.1, 0.15) is 79.4 Å². The molecule has 7 nitrogen and oxygen atoms in total. The molecule has 1 aliphatic carbocycles. The Balaban J connectivity index is 1.09. The minimum atomic E-state index is -0.509. The van der Waals surface area contributed by atoms with E-state index in [1.54, 1.807) is 4.90 Å². The summed E-state index contributed by atoms with van der Waals surface area (Å²) in [4.78, 5) is 30.6. The molecule has 4 aliphatic rings. The molecule has 3 fully saturated rings. The van der Waals surface area contributed by atoms with Crippen molar-refractivity contribution in [2.45, 2.75) is 76.4 Å². The van der Waals surface area contributed by atoms with Crippen LogP contribution in [0.15, 0.2) is 55.0 Å². The van der Waals surface area contributed by atoms with E-state index in [9.17, 15) is 9.59 Å². The SMILES string of the molecule is C=C1CC[C@@H](N2C(=O)c3cccc4c(Cc5cnn(C6CCN([C@H](C)C7CCC7)CC6)c5)ccc2c34)C(=O)N1. The molecule has 0 radical (unpaired) electrons. The quantitative estimate of drug-likeness (QED) is 0.482. The van der Waals surface area contributed by atoms with E-state index in [-0.39, 0.29) is 11.8 Å². The number of anilines is 1. The molecule has 2 amide bonds. The van der Waals surface area contributed by atoms with Gasteiger partial charge in [0, 0.05) is 48.4 Å².